The Hall–Kier alpha value is -1.38. The number of aryl methyl sites for hydroxylation is 1. The van der Waals surface area contributed by atoms with Crippen molar-refractivity contribution in [2.45, 2.75) is 38.5 Å². The van der Waals surface area contributed by atoms with Crippen molar-refractivity contribution < 1.29 is 13.9 Å². The lowest BCUT2D eigenvalue weighted by Crippen LogP contribution is -2.19. The highest BCUT2D eigenvalue weighted by atomic mass is 19.1. The van der Waals surface area contributed by atoms with E-state index in [1.807, 2.05) is 6.07 Å². The fraction of sp³-hybridized carbons (Fsp3) is 0.533. The molecule has 0 saturated heterocycles. The van der Waals surface area contributed by atoms with E-state index in [0.29, 0.717) is 5.78 Å². The molecule has 98 valence electrons. The number of ketones is 1. The molecule has 1 aliphatic carbocycles. The average Bonchev–Trinajstić information content (AvgIpc) is 2.38. The van der Waals surface area contributed by atoms with E-state index in [1.54, 1.807) is 6.07 Å². The molecule has 18 heavy (non-hydrogen) atoms. The lowest BCUT2D eigenvalue weighted by atomic mass is 9.84. The Morgan fingerprint density at radius 2 is 2.22 bits per heavy atom. The Morgan fingerprint density at radius 1 is 1.39 bits per heavy atom. The number of Topliss-reactive ketones (excluding diaryl/α,β-unsaturated/α-hetero) is 1. The molecule has 1 unspecified atom stereocenters. The van der Waals surface area contributed by atoms with Crippen molar-refractivity contribution in [1.82, 2.24) is 0 Å². The van der Waals surface area contributed by atoms with Crippen molar-refractivity contribution in [2.24, 2.45) is 5.92 Å². The van der Waals surface area contributed by atoms with Crippen LogP contribution >= 0.6 is 0 Å². The van der Waals surface area contributed by atoms with Crippen molar-refractivity contribution in [3.63, 3.8) is 0 Å². The zero-order chi connectivity index (χ0) is 13.0. The number of rotatable bonds is 4. The zero-order valence-electron chi connectivity index (χ0n) is 10.7. The number of hydrogen-bond donors (Lipinski definition) is 0. The number of carbonyl (C=O) groups is 1. The number of halogens is 1. The predicted octanol–water partition coefficient (Wildman–Crippen LogP) is 3.53. The van der Waals surface area contributed by atoms with Crippen molar-refractivity contribution >= 4 is 5.78 Å². The van der Waals surface area contributed by atoms with Gasteiger partial charge in [0, 0.05) is 12.3 Å². The van der Waals surface area contributed by atoms with Crippen LogP contribution in [0.15, 0.2) is 18.2 Å². The normalized spacial score (nSPS) is 19.9. The van der Waals surface area contributed by atoms with Gasteiger partial charge in [-0.15, -0.1) is 0 Å². The Bertz CT molecular complexity index is 429. The smallest absolute Gasteiger partial charge is 0.165 e. The minimum absolute atomic E-state index is 0.184. The molecule has 0 radical (unpaired) electrons. The van der Waals surface area contributed by atoms with Crippen molar-refractivity contribution in [3.05, 3.63) is 29.6 Å². The maximum Gasteiger partial charge on any atom is 0.165 e. The predicted molar refractivity (Wildman–Crippen MR) is 68.2 cm³/mol. The van der Waals surface area contributed by atoms with Gasteiger partial charge in [-0.05, 0) is 43.4 Å². The monoisotopic (exact) mass is 250 g/mol. The van der Waals surface area contributed by atoms with Gasteiger partial charge in [0.1, 0.15) is 5.78 Å². The molecular formula is C15H19FO2. The van der Waals surface area contributed by atoms with Gasteiger partial charge in [0.25, 0.3) is 0 Å². The van der Waals surface area contributed by atoms with E-state index in [-0.39, 0.29) is 17.5 Å². The lowest BCUT2D eigenvalue weighted by molar-refractivity contribution is -0.124. The molecule has 2 nitrogen and oxygen atoms in total. The van der Waals surface area contributed by atoms with Crippen molar-refractivity contribution in [1.29, 1.82) is 0 Å². The second-order valence-corrected chi connectivity index (χ2v) is 4.92. The highest BCUT2D eigenvalue weighted by Crippen LogP contribution is 2.26. The van der Waals surface area contributed by atoms with Gasteiger partial charge in [-0.2, -0.15) is 0 Å². The van der Waals surface area contributed by atoms with E-state index < -0.39 is 0 Å². The Morgan fingerprint density at radius 3 is 2.89 bits per heavy atom. The minimum Gasteiger partial charge on any atom is -0.494 e. The van der Waals surface area contributed by atoms with Crippen molar-refractivity contribution in [2.75, 3.05) is 7.11 Å². The number of ether oxygens (including phenoxy) is 1. The summed E-state index contributed by atoms with van der Waals surface area (Å²) >= 11 is 0. The van der Waals surface area contributed by atoms with Gasteiger partial charge in [-0.25, -0.2) is 4.39 Å². The van der Waals surface area contributed by atoms with Crippen molar-refractivity contribution in [3.8, 4) is 5.75 Å². The van der Waals surface area contributed by atoms with Crippen LogP contribution in [0.5, 0.6) is 5.75 Å². The van der Waals surface area contributed by atoms with Gasteiger partial charge in [0.05, 0.1) is 7.11 Å². The van der Waals surface area contributed by atoms with Crippen LogP contribution in [0.2, 0.25) is 0 Å². The van der Waals surface area contributed by atoms with Crippen LogP contribution in [0.1, 0.15) is 37.7 Å². The Kier molecular flexibility index (Phi) is 4.34. The van der Waals surface area contributed by atoms with Crippen LogP contribution in [0.4, 0.5) is 4.39 Å². The Labute approximate surface area is 107 Å². The SMILES string of the molecule is COc1ccc(CCC2CCCCC2=O)cc1F. The lowest BCUT2D eigenvalue weighted by Gasteiger charge is -2.20. The molecule has 3 heteroatoms. The van der Waals surface area contributed by atoms with Gasteiger partial charge in [0.15, 0.2) is 11.6 Å². The summed E-state index contributed by atoms with van der Waals surface area (Å²) in [5.74, 6) is 0.511. The van der Waals surface area contributed by atoms with Crippen LogP contribution in [-0.2, 0) is 11.2 Å². The molecule has 0 aliphatic heterocycles. The standard InChI is InChI=1S/C15H19FO2/c1-18-15-9-7-11(10-13(15)16)6-8-12-4-2-3-5-14(12)17/h7,9-10,12H,2-6,8H2,1H3. The van der Waals surface area contributed by atoms with Crippen LogP contribution in [-0.4, -0.2) is 12.9 Å². The molecule has 1 aromatic rings. The second kappa shape index (κ2) is 5.98. The maximum absolute atomic E-state index is 13.5. The van der Waals surface area contributed by atoms with E-state index in [0.717, 1.165) is 44.1 Å². The summed E-state index contributed by atoms with van der Waals surface area (Å²) in [5, 5.41) is 0. The molecule has 0 N–H and O–H groups in total. The average molecular weight is 250 g/mol. The summed E-state index contributed by atoms with van der Waals surface area (Å²) in [4.78, 5) is 11.7. The molecule has 0 amide bonds. The molecule has 0 bridgehead atoms. The van der Waals surface area contributed by atoms with Gasteiger partial charge in [-0.3, -0.25) is 4.79 Å². The summed E-state index contributed by atoms with van der Waals surface area (Å²) in [6, 6.07) is 5.02. The van der Waals surface area contributed by atoms with Crippen LogP contribution in [0.3, 0.4) is 0 Å². The summed E-state index contributed by atoms with van der Waals surface area (Å²) in [6.45, 7) is 0. The van der Waals surface area contributed by atoms with Crippen LogP contribution in [0, 0.1) is 11.7 Å². The van der Waals surface area contributed by atoms with Gasteiger partial charge < -0.3 is 4.74 Å². The van der Waals surface area contributed by atoms with Gasteiger partial charge in [-0.1, -0.05) is 12.5 Å². The zero-order valence-corrected chi connectivity index (χ0v) is 10.7. The van der Waals surface area contributed by atoms with E-state index in [2.05, 4.69) is 0 Å². The van der Waals surface area contributed by atoms with Crippen LogP contribution < -0.4 is 4.74 Å². The number of hydrogen-bond acceptors (Lipinski definition) is 2. The third-order valence-electron chi connectivity index (χ3n) is 3.68. The fourth-order valence-electron chi connectivity index (χ4n) is 2.57. The molecule has 1 saturated carbocycles. The molecule has 1 fully saturated rings. The van der Waals surface area contributed by atoms with E-state index >= 15 is 0 Å². The molecule has 1 aliphatic rings. The number of benzene rings is 1. The number of carbonyl (C=O) groups excluding carboxylic acids is 1. The van der Waals surface area contributed by atoms with Gasteiger partial charge in [0.2, 0.25) is 0 Å². The van der Waals surface area contributed by atoms with E-state index in [9.17, 15) is 9.18 Å². The highest BCUT2D eigenvalue weighted by Gasteiger charge is 2.21. The first-order valence-electron chi connectivity index (χ1n) is 6.56. The van der Waals surface area contributed by atoms with E-state index in [4.69, 9.17) is 4.74 Å². The molecule has 2 rings (SSSR count). The molecular weight excluding hydrogens is 231 g/mol. The molecule has 0 spiro atoms. The summed E-state index contributed by atoms with van der Waals surface area (Å²) < 4.78 is 18.4. The molecule has 0 aromatic heterocycles. The summed E-state index contributed by atoms with van der Waals surface area (Å²) in [7, 11) is 1.46. The highest BCUT2D eigenvalue weighted by molar-refractivity contribution is 5.81. The second-order valence-electron chi connectivity index (χ2n) is 4.92. The fourth-order valence-corrected chi connectivity index (χ4v) is 2.57. The van der Waals surface area contributed by atoms with Gasteiger partial charge >= 0.3 is 0 Å². The van der Waals surface area contributed by atoms with E-state index in [1.165, 1.54) is 13.2 Å². The Balaban J connectivity index is 1.93. The third kappa shape index (κ3) is 3.09. The minimum atomic E-state index is -0.329. The molecule has 0 heterocycles. The number of methoxy groups -OCH3 is 1. The quantitative estimate of drug-likeness (QED) is 0.817. The topological polar surface area (TPSA) is 26.3 Å². The summed E-state index contributed by atoms with van der Waals surface area (Å²) in [6.07, 6.45) is 5.50. The molecule has 1 atom stereocenters. The molecule has 1 aromatic carbocycles. The maximum atomic E-state index is 13.5. The first-order chi connectivity index (χ1) is 8.70. The van der Waals surface area contributed by atoms with Crippen LogP contribution in [0.25, 0.3) is 0 Å². The first kappa shape index (κ1) is 13.1. The third-order valence-corrected chi connectivity index (χ3v) is 3.68. The summed E-state index contributed by atoms with van der Waals surface area (Å²) in [5.41, 5.74) is 0.937. The largest absolute Gasteiger partial charge is 0.494 e. The first-order valence-corrected chi connectivity index (χ1v) is 6.56.